The summed E-state index contributed by atoms with van der Waals surface area (Å²) in [6.07, 6.45) is 4.87. The number of benzene rings is 1. The number of piperidine rings is 1. The Kier molecular flexibility index (Phi) is 5.03. The number of rotatable bonds is 5. The number of hydrogen-bond donors (Lipinski definition) is 1. The molecule has 2 aliphatic heterocycles. The molecule has 0 aromatic heterocycles. The van der Waals surface area contributed by atoms with Gasteiger partial charge >= 0.3 is 0 Å². The van der Waals surface area contributed by atoms with Crippen LogP contribution in [0, 0.1) is 12.8 Å². The summed E-state index contributed by atoms with van der Waals surface area (Å²) in [6, 6.07) is 6.98. The minimum atomic E-state index is -3.47. The van der Waals surface area contributed by atoms with Crippen LogP contribution in [-0.4, -0.2) is 50.0 Å². The molecule has 1 amide bonds. The first-order chi connectivity index (χ1) is 12.9. The fourth-order valence-corrected chi connectivity index (χ4v) is 5.48. The molecule has 1 atom stereocenters. The van der Waals surface area contributed by atoms with E-state index in [1.54, 1.807) is 16.4 Å². The van der Waals surface area contributed by atoms with E-state index in [9.17, 15) is 13.2 Å². The first-order valence-corrected chi connectivity index (χ1v) is 11.3. The topological polar surface area (TPSA) is 75.7 Å². The monoisotopic (exact) mass is 392 g/mol. The quantitative estimate of drug-likeness (QED) is 0.834. The van der Waals surface area contributed by atoms with E-state index in [2.05, 4.69) is 5.32 Å². The highest BCUT2D eigenvalue weighted by molar-refractivity contribution is 7.89. The number of nitrogens with zero attached hydrogens (tertiary/aromatic N) is 1. The molecular weight excluding hydrogens is 364 g/mol. The number of sulfonamides is 1. The van der Waals surface area contributed by atoms with Crippen molar-refractivity contribution >= 4 is 15.9 Å². The van der Waals surface area contributed by atoms with Gasteiger partial charge in [0.15, 0.2) is 0 Å². The van der Waals surface area contributed by atoms with Crippen LogP contribution in [0.1, 0.15) is 44.1 Å². The van der Waals surface area contributed by atoms with E-state index in [4.69, 9.17) is 4.74 Å². The number of ether oxygens (including phenoxy) is 1. The van der Waals surface area contributed by atoms with Gasteiger partial charge in [0.2, 0.25) is 15.9 Å². The van der Waals surface area contributed by atoms with Gasteiger partial charge in [-0.25, -0.2) is 8.42 Å². The van der Waals surface area contributed by atoms with Crippen LogP contribution in [0.4, 0.5) is 0 Å². The van der Waals surface area contributed by atoms with Gasteiger partial charge < -0.3 is 10.1 Å². The van der Waals surface area contributed by atoms with Gasteiger partial charge in [-0.3, -0.25) is 4.79 Å². The summed E-state index contributed by atoms with van der Waals surface area (Å²) in [7, 11) is -3.47. The minimum Gasteiger partial charge on any atom is -0.362 e. The van der Waals surface area contributed by atoms with Gasteiger partial charge in [-0.15, -0.1) is 0 Å². The molecule has 3 fully saturated rings. The zero-order valence-electron chi connectivity index (χ0n) is 15.8. The van der Waals surface area contributed by atoms with Gasteiger partial charge in [0.25, 0.3) is 0 Å². The van der Waals surface area contributed by atoms with E-state index >= 15 is 0 Å². The Balaban J connectivity index is 1.34. The van der Waals surface area contributed by atoms with Crippen molar-refractivity contribution in [3.63, 3.8) is 0 Å². The van der Waals surface area contributed by atoms with Crippen LogP contribution in [0.25, 0.3) is 0 Å². The van der Waals surface area contributed by atoms with Crippen molar-refractivity contribution in [2.45, 2.75) is 62.0 Å². The van der Waals surface area contributed by atoms with E-state index in [1.165, 1.54) is 12.8 Å². The first-order valence-electron chi connectivity index (χ1n) is 9.90. The molecule has 6 nitrogen and oxygen atoms in total. The largest absolute Gasteiger partial charge is 0.362 e. The van der Waals surface area contributed by atoms with Crippen molar-refractivity contribution in [1.29, 1.82) is 0 Å². The second kappa shape index (κ2) is 7.18. The lowest BCUT2D eigenvalue weighted by molar-refractivity contribution is -0.139. The van der Waals surface area contributed by atoms with Gasteiger partial charge in [0, 0.05) is 19.6 Å². The predicted octanol–water partition coefficient (Wildman–Crippen LogP) is 2.22. The number of hydrogen-bond acceptors (Lipinski definition) is 4. The smallest absolute Gasteiger partial charge is 0.249 e. The molecule has 1 aromatic carbocycles. The Hall–Kier alpha value is -1.44. The summed E-state index contributed by atoms with van der Waals surface area (Å²) in [4.78, 5) is 12.6. The number of amides is 1. The highest BCUT2D eigenvalue weighted by atomic mass is 32.2. The summed E-state index contributed by atoms with van der Waals surface area (Å²) in [6.45, 7) is 3.57. The predicted molar refractivity (Wildman–Crippen MR) is 102 cm³/mol. The zero-order valence-corrected chi connectivity index (χ0v) is 16.6. The Labute approximate surface area is 161 Å². The van der Waals surface area contributed by atoms with Gasteiger partial charge in [-0.2, -0.15) is 4.31 Å². The van der Waals surface area contributed by atoms with Crippen LogP contribution in [0.2, 0.25) is 0 Å². The van der Waals surface area contributed by atoms with E-state index in [0.29, 0.717) is 36.7 Å². The normalized spacial score (nSPS) is 25.6. The van der Waals surface area contributed by atoms with Crippen molar-refractivity contribution in [3.8, 4) is 0 Å². The van der Waals surface area contributed by atoms with Gasteiger partial charge in [0.1, 0.15) is 6.10 Å². The van der Waals surface area contributed by atoms with Crippen molar-refractivity contribution in [2.24, 2.45) is 5.92 Å². The number of carbonyl (C=O) groups is 1. The summed E-state index contributed by atoms with van der Waals surface area (Å²) in [5, 5.41) is 3.00. The van der Waals surface area contributed by atoms with E-state index in [-0.39, 0.29) is 17.6 Å². The van der Waals surface area contributed by atoms with Crippen LogP contribution in [0.15, 0.2) is 29.2 Å². The number of carbonyl (C=O) groups excluding carboxylic acids is 1. The van der Waals surface area contributed by atoms with Crippen molar-refractivity contribution in [1.82, 2.24) is 9.62 Å². The van der Waals surface area contributed by atoms with Crippen molar-refractivity contribution < 1.29 is 17.9 Å². The lowest BCUT2D eigenvalue weighted by Gasteiger charge is -2.38. The SMILES string of the molecule is Cc1ccc(S(=O)(=O)N2CCC3(CC[C@H](C(=O)NCC4CC4)O3)CC2)cc1. The van der Waals surface area contributed by atoms with Gasteiger partial charge in [-0.05, 0) is 63.5 Å². The molecule has 4 rings (SSSR count). The molecule has 1 spiro atoms. The standard InChI is InChI=1S/C20H28N2O4S/c1-15-2-6-17(7-3-15)27(24,25)22-12-10-20(11-13-22)9-8-18(26-20)19(23)21-14-16-4-5-16/h2-3,6-7,16,18H,4-5,8-14H2,1H3,(H,21,23)/t18-/m1/s1. The van der Waals surface area contributed by atoms with Gasteiger partial charge in [-0.1, -0.05) is 17.7 Å². The maximum Gasteiger partial charge on any atom is 0.249 e. The van der Waals surface area contributed by atoms with Crippen molar-refractivity contribution in [3.05, 3.63) is 29.8 Å². The van der Waals surface area contributed by atoms with Crippen molar-refractivity contribution in [2.75, 3.05) is 19.6 Å². The Bertz CT molecular complexity index is 794. The molecule has 0 unspecified atom stereocenters. The molecule has 3 aliphatic rings. The second-order valence-electron chi connectivity index (χ2n) is 8.23. The molecule has 0 radical (unpaired) electrons. The molecule has 27 heavy (non-hydrogen) atoms. The Morgan fingerprint density at radius 3 is 2.44 bits per heavy atom. The fourth-order valence-electron chi connectivity index (χ4n) is 4.04. The van der Waals surface area contributed by atoms with Crippen LogP contribution in [-0.2, 0) is 19.6 Å². The molecule has 2 saturated heterocycles. The maximum absolute atomic E-state index is 12.9. The molecule has 2 heterocycles. The zero-order chi connectivity index (χ0) is 19.1. The average molecular weight is 393 g/mol. The summed E-state index contributed by atoms with van der Waals surface area (Å²) in [5.74, 6) is 0.646. The van der Waals surface area contributed by atoms with E-state index in [0.717, 1.165) is 24.9 Å². The number of nitrogens with one attached hydrogen (secondary N) is 1. The highest BCUT2D eigenvalue weighted by Crippen LogP contribution is 2.40. The third-order valence-electron chi connectivity index (χ3n) is 6.10. The molecule has 7 heteroatoms. The van der Waals surface area contributed by atoms with E-state index in [1.807, 2.05) is 19.1 Å². The first kappa shape index (κ1) is 18.9. The third kappa shape index (κ3) is 4.05. The third-order valence-corrected chi connectivity index (χ3v) is 8.01. The van der Waals surface area contributed by atoms with Gasteiger partial charge in [0.05, 0.1) is 10.5 Å². The number of aryl methyl sites for hydroxylation is 1. The van der Waals surface area contributed by atoms with E-state index < -0.39 is 10.0 Å². The average Bonchev–Trinajstić information content (AvgIpc) is 3.41. The Morgan fingerprint density at radius 2 is 1.81 bits per heavy atom. The summed E-state index contributed by atoms with van der Waals surface area (Å²) in [5.41, 5.74) is 0.692. The maximum atomic E-state index is 12.9. The highest BCUT2D eigenvalue weighted by Gasteiger charge is 2.46. The Morgan fingerprint density at radius 1 is 1.15 bits per heavy atom. The van der Waals surface area contributed by atoms with Crippen LogP contribution in [0.5, 0.6) is 0 Å². The molecule has 148 valence electrons. The minimum absolute atomic E-state index is 0.00604. The van der Waals surface area contributed by atoms with Crippen LogP contribution >= 0.6 is 0 Å². The molecule has 1 N–H and O–H groups in total. The second-order valence-corrected chi connectivity index (χ2v) is 10.2. The lowest BCUT2D eigenvalue weighted by Crippen LogP contribution is -2.47. The molecule has 1 aliphatic carbocycles. The lowest BCUT2D eigenvalue weighted by atomic mass is 9.89. The molecule has 1 aromatic rings. The van der Waals surface area contributed by atoms with Crippen LogP contribution < -0.4 is 5.32 Å². The molecule has 0 bridgehead atoms. The molecular formula is C20H28N2O4S. The molecule has 1 saturated carbocycles. The summed E-state index contributed by atoms with van der Waals surface area (Å²) < 4.78 is 33.4. The fraction of sp³-hybridized carbons (Fsp3) is 0.650. The summed E-state index contributed by atoms with van der Waals surface area (Å²) >= 11 is 0. The van der Waals surface area contributed by atoms with Crippen LogP contribution in [0.3, 0.4) is 0 Å².